The Labute approximate surface area is 181 Å². The topological polar surface area (TPSA) is 135 Å². The van der Waals surface area contributed by atoms with Crippen LogP contribution in [0.25, 0.3) is 16.3 Å². The summed E-state index contributed by atoms with van der Waals surface area (Å²) in [4.78, 5) is 35.4. The van der Waals surface area contributed by atoms with E-state index in [1.807, 2.05) is 0 Å². The number of nitro benzene ring substituents is 1. The van der Waals surface area contributed by atoms with Crippen LogP contribution in [0.15, 0.2) is 60.0 Å². The minimum absolute atomic E-state index is 0.0462. The van der Waals surface area contributed by atoms with Gasteiger partial charge in [-0.2, -0.15) is 4.72 Å². The molecule has 32 heavy (non-hydrogen) atoms. The van der Waals surface area contributed by atoms with Crippen LogP contribution in [-0.2, 0) is 21.2 Å². The number of hydrogen-bond acceptors (Lipinski definition) is 6. The summed E-state index contributed by atoms with van der Waals surface area (Å²) in [6.07, 6.45) is -0.0462. The molecule has 10 heteroatoms. The van der Waals surface area contributed by atoms with Crippen LogP contribution in [0.1, 0.15) is 21.5 Å². The predicted octanol–water partition coefficient (Wildman–Crippen LogP) is 2.80. The first-order chi connectivity index (χ1) is 15.2. The Balaban J connectivity index is 1.55. The summed E-state index contributed by atoms with van der Waals surface area (Å²) in [5.74, 6) is -0.817. The zero-order valence-corrected chi connectivity index (χ0v) is 17.2. The lowest BCUT2D eigenvalue weighted by atomic mass is 9.84. The van der Waals surface area contributed by atoms with Crippen molar-refractivity contribution in [1.82, 2.24) is 4.72 Å². The van der Waals surface area contributed by atoms with Gasteiger partial charge in [-0.1, -0.05) is 18.7 Å². The number of nitro groups is 1. The van der Waals surface area contributed by atoms with Gasteiger partial charge < -0.3 is 5.32 Å². The SMILES string of the molecule is C=C1C(=O)C(NS(=O)(=O)c2ccc3c4c(cccc24)NC3=O)Cc2cc([N+](=O)[O-])ccc21. The Morgan fingerprint density at radius 2 is 1.84 bits per heavy atom. The van der Waals surface area contributed by atoms with E-state index in [0.717, 1.165) is 0 Å². The number of rotatable bonds is 4. The van der Waals surface area contributed by atoms with Crippen LogP contribution in [0.3, 0.4) is 0 Å². The molecule has 1 aliphatic heterocycles. The third kappa shape index (κ3) is 2.92. The van der Waals surface area contributed by atoms with Crippen molar-refractivity contribution in [2.45, 2.75) is 17.4 Å². The van der Waals surface area contributed by atoms with Crippen LogP contribution in [-0.4, -0.2) is 31.1 Å². The van der Waals surface area contributed by atoms with Crippen molar-refractivity contribution >= 4 is 49.4 Å². The van der Waals surface area contributed by atoms with E-state index in [4.69, 9.17) is 0 Å². The summed E-state index contributed by atoms with van der Waals surface area (Å²) in [7, 11) is -4.18. The van der Waals surface area contributed by atoms with Gasteiger partial charge in [0.15, 0.2) is 5.78 Å². The maximum Gasteiger partial charge on any atom is 0.269 e. The minimum Gasteiger partial charge on any atom is -0.321 e. The van der Waals surface area contributed by atoms with Gasteiger partial charge in [-0.15, -0.1) is 0 Å². The molecule has 3 aromatic rings. The quantitative estimate of drug-likeness (QED) is 0.357. The van der Waals surface area contributed by atoms with E-state index in [1.54, 1.807) is 18.2 Å². The number of anilines is 1. The third-order valence-corrected chi connectivity index (χ3v) is 7.27. The van der Waals surface area contributed by atoms with Crippen LogP contribution in [0, 0.1) is 10.1 Å². The van der Waals surface area contributed by atoms with Crippen molar-refractivity contribution < 1.29 is 22.9 Å². The van der Waals surface area contributed by atoms with Gasteiger partial charge in [0.1, 0.15) is 0 Å². The zero-order chi connectivity index (χ0) is 22.8. The van der Waals surface area contributed by atoms with Gasteiger partial charge in [-0.25, -0.2) is 8.42 Å². The molecule has 1 heterocycles. The van der Waals surface area contributed by atoms with Gasteiger partial charge in [0.05, 0.1) is 15.9 Å². The highest BCUT2D eigenvalue weighted by Crippen LogP contribution is 2.37. The Morgan fingerprint density at radius 1 is 1.09 bits per heavy atom. The second-order valence-corrected chi connectivity index (χ2v) is 9.30. The lowest BCUT2D eigenvalue weighted by Crippen LogP contribution is -2.44. The summed E-state index contributed by atoms with van der Waals surface area (Å²) < 4.78 is 29.0. The normalized spacial score (nSPS) is 17.4. The average Bonchev–Trinajstić information content (AvgIpc) is 3.08. The molecule has 0 fully saturated rings. The number of ketones is 1. The standard InChI is InChI=1S/C22H15N3O6S/c1-11-14-6-5-13(25(28)29)9-12(14)10-18(21(11)26)24-32(30,31)19-8-7-16-20-15(19)3-2-4-17(20)23-22(16)27/h2-9,18,24H,1,10H2,(H,23,27). The fourth-order valence-electron chi connectivity index (χ4n) is 4.26. The lowest BCUT2D eigenvalue weighted by Gasteiger charge is -2.26. The first-order valence-corrected chi connectivity index (χ1v) is 11.1. The summed E-state index contributed by atoms with van der Waals surface area (Å²) >= 11 is 0. The van der Waals surface area contributed by atoms with Crippen molar-refractivity contribution in [1.29, 1.82) is 0 Å². The molecule has 1 aliphatic carbocycles. The average molecular weight is 449 g/mol. The number of benzene rings is 3. The minimum atomic E-state index is -4.18. The maximum atomic E-state index is 13.3. The number of sulfonamides is 1. The number of Topliss-reactive ketones (excluding diaryl/α,β-unsaturated/α-hetero) is 1. The Bertz CT molecular complexity index is 1510. The number of amides is 1. The lowest BCUT2D eigenvalue weighted by molar-refractivity contribution is -0.384. The number of non-ortho nitro benzene ring substituents is 1. The highest BCUT2D eigenvalue weighted by Gasteiger charge is 2.35. The highest BCUT2D eigenvalue weighted by molar-refractivity contribution is 7.89. The molecule has 2 N–H and O–H groups in total. The molecule has 5 rings (SSSR count). The number of carbonyl (C=O) groups is 2. The number of fused-ring (bicyclic) bond motifs is 1. The number of nitrogens with zero attached hydrogens (tertiary/aromatic N) is 1. The molecule has 0 saturated heterocycles. The van der Waals surface area contributed by atoms with Gasteiger partial charge in [0, 0.05) is 39.7 Å². The van der Waals surface area contributed by atoms with Gasteiger partial charge in [0.25, 0.3) is 11.6 Å². The fourth-order valence-corrected chi connectivity index (χ4v) is 5.65. The van der Waals surface area contributed by atoms with Crippen LogP contribution in [0.5, 0.6) is 0 Å². The molecule has 0 aromatic heterocycles. The molecule has 0 saturated carbocycles. The molecule has 0 spiro atoms. The van der Waals surface area contributed by atoms with Crippen LogP contribution < -0.4 is 10.0 Å². The molecule has 0 radical (unpaired) electrons. The zero-order valence-electron chi connectivity index (χ0n) is 16.4. The molecule has 1 amide bonds. The molecule has 9 nitrogen and oxygen atoms in total. The summed E-state index contributed by atoms with van der Waals surface area (Å²) in [6, 6.07) is 10.6. The monoisotopic (exact) mass is 449 g/mol. The van der Waals surface area contributed by atoms with Crippen molar-refractivity contribution in [3.05, 3.63) is 81.9 Å². The van der Waals surface area contributed by atoms with Crippen LogP contribution >= 0.6 is 0 Å². The Morgan fingerprint density at radius 3 is 2.59 bits per heavy atom. The van der Waals surface area contributed by atoms with E-state index in [1.165, 1.54) is 30.3 Å². The largest absolute Gasteiger partial charge is 0.321 e. The van der Waals surface area contributed by atoms with E-state index in [2.05, 4.69) is 16.6 Å². The summed E-state index contributed by atoms with van der Waals surface area (Å²) in [5, 5.41) is 14.7. The first-order valence-electron chi connectivity index (χ1n) is 9.57. The summed E-state index contributed by atoms with van der Waals surface area (Å²) in [5.41, 5.74) is 1.75. The van der Waals surface area contributed by atoms with Gasteiger partial charge >= 0.3 is 0 Å². The second kappa shape index (κ2) is 6.81. The molecular formula is C22H15N3O6S. The second-order valence-electron chi connectivity index (χ2n) is 7.61. The van der Waals surface area contributed by atoms with Crippen molar-refractivity contribution in [2.75, 3.05) is 5.32 Å². The maximum absolute atomic E-state index is 13.3. The predicted molar refractivity (Wildman–Crippen MR) is 117 cm³/mol. The van der Waals surface area contributed by atoms with Crippen LogP contribution in [0.4, 0.5) is 11.4 Å². The van der Waals surface area contributed by atoms with Crippen molar-refractivity contribution in [3.8, 4) is 0 Å². The highest BCUT2D eigenvalue weighted by atomic mass is 32.2. The van der Waals surface area contributed by atoms with Gasteiger partial charge in [0.2, 0.25) is 10.0 Å². The molecular weight excluding hydrogens is 434 g/mol. The molecule has 1 unspecified atom stereocenters. The van der Waals surface area contributed by atoms with Gasteiger partial charge in [-0.05, 0) is 41.8 Å². The fraction of sp³-hybridized carbons (Fsp3) is 0.0909. The number of hydrogen-bond donors (Lipinski definition) is 2. The van der Waals surface area contributed by atoms with Crippen LogP contribution in [0.2, 0.25) is 0 Å². The third-order valence-electron chi connectivity index (χ3n) is 5.74. The van der Waals surface area contributed by atoms with E-state index < -0.39 is 26.8 Å². The molecule has 2 aliphatic rings. The van der Waals surface area contributed by atoms with E-state index in [9.17, 15) is 28.1 Å². The Hall–Kier alpha value is -3.89. The summed E-state index contributed by atoms with van der Waals surface area (Å²) in [6.45, 7) is 3.75. The Kier molecular flexibility index (Phi) is 4.26. The smallest absolute Gasteiger partial charge is 0.269 e. The van der Waals surface area contributed by atoms with E-state index in [0.29, 0.717) is 33.2 Å². The van der Waals surface area contributed by atoms with E-state index in [-0.39, 0.29) is 28.5 Å². The number of nitrogens with one attached hydrogen (secondary N) is 2. The first kappa shape index (κ1) is 20.0. The number of carbonyl (C=O) groups excluding carboxylic acids is 2. The van der Waals surface area contributed by atoms with E-state index >= 15 is 0 Å². The van der Waals surface area contributed by atoms with Gasteiger partial charge in [-0.3, -0.25) is 19.7 Å². The molecule has 160 valence electrons. The molecule has 1 atom stereocenters. The molecule has 3 aromatic carbocycles. The molecule has 0 bridgehead atoms. The van der Waals surface area contributed by atoms with Crippen molar-refractivity contribution in [2.24, 2.45) is 0 Å². The van der Waals surface area contributed by atoms with Crippen molar-refractivity contribution in [3.63, 3.8) is 0 Å².